The fraction of sp³-hybridized carbons (Fsp3) is 0.167. The minimum absolute atomic E-state index is 0.0607. The van der Waals surface area contributed by atoms with Gasteiger partial charge < -0.3 is 5.32 Å². The van der Waals surface area contributed by atoms with Crippen molar-refractivity contribution in [2.75, 3.05) is 5.32 Å². The van der Waals surface area contributed by atoms with Crippen molar-refractivity contribution in [3.8, 4) is 22.4 Å². The summed E-state index contributed by atoms with van der Waals surface area (Å²) in [7, 11) is 0. The molecule has 0 amide bonds. The van der Waals surface area contributed by atoms with Crippen LogP contribution in [-0.4, -0.2) is 19.9 Å². The number of benzene rings is 1. The van der Waals surface area contributed by atoms with E-state index >= 15 is 0 Å². The number of hydrogen-bond acceptors (Lipinski definition) is 5. The molecule has 5 nitrogen and oxygen atoms in total. The van der Waals surface area contributed by atoms with Gasteiger partial charge in [-0.05, 0) is 54.8 Å². The van der Waals surface area contributed by atoms with E-state index in [1.807, 2.05) is 32.0 Å². The van der Waals surface area contributed by atoms with Crippen molar-refractivity contribution in [3.63, 3.8) is 0 Å². The van der Waals surface area contributed by atoms with Gasteiger partial charge in [0, 0.05) is 48.2 Å². The lowest BCUT2D eigenvalue weighted by atomic mass is 9.98. The molecule has 0 spiro atoms. The fourth-order valence-electron chi connectivity index (χ4n) is 3.50. The maximum atomic E-state index is 13.3. The van der Waals surface area contributed by atoms with Gasteiger partial charge in [-0.15, -0.1) is 0 Å². The second-order valence-corrected chi connectivity index (χ2v) is 7.29. The van der Waals surface area contributed by atoms with E-state index in [4.69, 9.17) is 0 Å². The minimum Gasteiger partial charge on any atom is -0.350 e. The summed E-state index contributed by atoms with van der Waals surface area (Å²) in [4.78, 5) is 17.5. The second kappa shape index (κ2) is 8.74. The van der Waals surface area contributed by atoms with Crippen molar-refractivity contribution in [1.29, 1.82) is 0 Å². The molecule has 0 saturated carbocycles. The van der Waals surface area contributed by atoms with Gasteiger partial charge in [-0.2, -0.15) is 13.2 Å². The third-order valence-corrected chi connectivity index (χ3v) is 5.12. The van der Waals surface area contributed by atoms with E-state index in [2.05, 4.69) is 25.3 Å². The largest absolute Gasteiger partial charge is 0.416 e. The molecule has 8 heteroatoms. The first-order chi connectivity index (χ1) is 15.3. The normalized spacial score (nSPS) is 11.4. The molecule has 0 aliphatic heterocycles. The molecule has 162 valence electrons. The molecular formula is C24H20F3N5. The first-order valence-electron chi connectivity index (χ1n) is 9.93. The van der Waals surface area contributed by atoms with Crippen molar-refractivity contribution in [2.45, 2.75) is 26.6 Å². The molecule has 4 rings (SSSR count). The zero-order valence-corrected chi connectivity index (χ0v) is 17.5. The van der Waals surface area contributed by atoms with Crippen LogP contribution < -0.4 is 5.32 Å². The average molecular weight is 435 g/mol. The van der Waals surface area contributed by atoms with Crippen LogP contribution in [0.1, 0.15) is 22.4 Å². The number of halogens is 3. The number of pyridine rings is 2. The molecule has 0 fully saturated rings. The fourth-order valence-corrected chi connectivity index (χ4v) is 3.50. The number of aryl methyl sites for hydroxylation is 2. The highest BCUT2D eigenvalue weighted by molar-refractivity contribution is 5.82. The van der Waals surface area contributed by atoms with Crippen molar-refractivity contribution < 1.29 is 13.2 Å². The van der Waals surface area contributed by atoms with Crippen molar-refractivity contribution in [2.24, 2.45) is 0 Å². The lowest BCUT2D eigenvalue weighted by Gasteiger charge is -2.16. The van der Waals surface area contributed by atoms with Gasteiger partial charge in [-0.25, -0.2) is 9.97 Å². The molecule has 0 bridgehead atoms. The Balaban J connectivity index is 1.74. The van der Waals surface area contributed by atoms with Gasteiger partial charge in [0.05, 0.1) is 11.3 Å². The third-order valence-electron chi connectivity index (χ3n) is 5.12. The summed E-state index contributed by atoms with van der Waals surface area (Å²) in [5.74, 6) is 0.232. The smallest absolute Gasteiger partial charge is 0.350 e. The number of anilines is 1. The van der Waals surface area contributed by atoms with Gasteiger partial charge in [0.25, 0.3) is 0 Å². The summed E-state index contributed by atoms with van der Waals surface area (Å²) in [6.07, 6.45) is 2.40. The monoisotopic (exact) mass is 435 g/mol. The van der Waals surface area contributed by atoms with Gasteiger partial charge in [0.15, 0.2) is 0 Å². The summed E-state index contributed by atoms with van der Waals surface area (Å²) >= 11 is 0. The molecular weight excluding hydrogens is 415 g/mol. The number of nitrogens with one attached hydrogen (secondary N) is 1. The van der Waals surface area contributed by atoms with Crippen LogP contribution in [0.2, 0.25) is 0 Å². The molecule has 0 saturated heterocycles. The van der Waals surface area contributed by atoms with Crippen LogP contribution in [-0.2, 0) is 12.7 Å². The SMILES string of the molecule is Cc1cnccc1-c1cnc(NCc2ccccc2C(F)(F)F)nc1-c1cccnc1C. The van der Waals surface area contributed by atoms with Crippen molar-refractivity contribution in [1.82, 2.24) is 19.9 Å². The standard InChI is InChI=1S/C24H20F3N5/c1-15-12-28-11-9-18(15)20-14-31-23(32-22(20)19-7-5-10-29-16(19)2)30-13-17-6-3-4-8-21(17)24(25,26)27/h3-12,14H,13H2,1-2H3,(H,30,31,32). The number of rotatable bonds is 5. The van der Waals surface area contributed by atoms with E-state index in [1.54, 1.807) is 30.9 Å². The van der Waals surface area contributed by atoms with Crippen LogP contribution in [0.25, 0.3) is 22.4 Å². The van der Waals surface area contributed by atoms with Gasteiger partial charge in [-0.1, -0.05) is 18.2 Å². The molecule has 3 heterocycles. The van der Waals surface area contributed by atoms with Crippen LogP contribution in [0.15, 0.2) is 67.3 Å². The highest BCUT2D eigenvalue weighted by atomic mass is 19.4. The number of hydrogen-bond donors (Lipinski definition) is 1. The van der Waals surface area contributed by atoms with Gasteiger partial charge in [0.2, 0.25) is 5.95 Å². The highest BCUT2D eigenvalue weighted by Gasteiger charge is 2.32. The van der Waals surface area contributed by atoms with E-state index < -0.39 is 11.7 Å². The van der Waals surface area contributed by atoms with Crippen LogP contribution >= 0.6 is 0 Å². The van der Waals surface area contributed by atoms with Crippen LogP contribution in [0.4, 0.5) is 19.1 Å². The Morgan fingerprint density at radius 3 is 2.41 bits per heavy atom. The Kier molecular flexibility index (Phi) is 5.85. The Morgan fingerprint density at radius 1 is 0.844 bits per heavy atom. The predicted octanol–water partition coefficient (Wildman–Crippen LogP) is 5.85. The quantitative estimate of drug-likeness (QED) is 0.426. The lowest BCUT2D eigenvalue weighted by molar-refractivity contribution is -0.138. The zero-order chi connectivity index (χ0) is 22.7. The number of aromatic nitrogens is 4. The van der Waals surface area contributed by atoms with E-state index in [1.165, 1.54) is 12.1 Å². The molecule has 32 heavy (non-hydrogen) atoms. The van der Waals surface area contributed by atoms with Gasteiger partial charge in [-0.3, -0.25) is 9.97 Å². The molecule has 0 radical (unpaired) electrons. The maximum absolute atomic E-state index is 13.3. The molecule has 3 aromatic heterocycles. The summed E-state index contributed by atoms with van der Waals surface area (Å²) < 4.78 is 39.9. The summed E-state index contributed by atoms with van der Waals surface area (Å²) in [6, 6.07) is 11.1. The molecule has 0 aliphatic rings. The molecule has 4 aromatic rings. The van der Waals surface area contributed by atoms with Gasteiger partial charge >= 0.3 is 6.18 Å². The van der Waals surface area contributed by atoms with Crippen molar-refractivity contribution >= 4 is 5.95 Å². The Bertz CT molecular complexity index is 1250. The van der Waals surface area contributed by atoms with Crippen LogP contribution in [0.3, 0.4) is 0 Å². The number of nitrogens with zero attached hydrogens (tertiary/aromatic N) is 4. The molecule has 0 atom stereocenters. The minimum atomic E-state index is -4.43. The zero-order valence-electron chi connectivity index (χ0n) is 17.5. The van der Waals surface area contributed by atoms with Crippen LogP contribution in [0.5, 0.6) is 0 Å². The van der Waals surface area contributed by atoms with Crippen LogP contribution in [0, 0.1) is 13.8 Å². The summed E-state index contributed by atoms with van der Waals surface area (Å²) in [5, 5.41) is 2.94. The lowest BCUT2D eigenvalue weighted by Crippen LogP contribution is -2.13. The molecule has 0 aliphatic carbocycles. The summed E-state index contributed by atoms with van der Waals surface area (Å²) in [5.41, 5.74) is 4.36. The first-order valence-corrected chi connectivity index (χ1v) is 9.93. The number of alkyl halides is 3. The van der Waals surface area contributed by atoms with E-state index in [0.717, 1.165) is 34.0 Å². The predicted molar refractivity (Wildman–Crippen MR) is 117 cm³/mol. The van der Waals surface area contributed by atoms with E-state index in [0.29, 0.717) is 5.69 Å². The first kappa shape index (κ1) is 21.4. The van der Waals surface area contributed by atoms with E-state index in [9.17, 15) is 13.2 Å². The Hall–Kier alpha value is -3.81. The van der Waals surface area contributed by atoms with Crippen molar-refractivity contribution in [3.05, 3.63) is 89.6 Å². The average Bonchev–Trinajstić information content (AvgIpc) is 2.78. The summed E-state index contributed by atoms with van der Waals surface area (Å²) in [6.45, 7) is 3.77. The maximum Gasteiger partial charge on any atom is 0.416 e. The Morgan fingerprint density at radius 2 is 1.66 bits per heavy atom. The second-order valence-electron chi connectivity index (χ2n) is 7.29. The van der Waals surface area contributed by atoms with E-state index in [-0.39, 0.29) is 18.1 Å². The molecule has 1 N–H and O–H groups in total. The van der Waals surface area contributed by atoms with Gasteiger partial charge in [0.1, 0.15) is 0 Å². The molecule has 0 unspecified atom stereocenters. The topological polar surface area (TPSA) is 63.6 Å². The highest BCUT2D eigenvalue weighted by Crippen LogP contribution is 2.34. The molecule has 1 aromatic carbocycles. The third kappa shape index (κ3) is 4.44. The Labute approximate surface area is 183 Å².